The van der Waals surface area contributed by atoms with E-state index in [0.29, 0.717) is 16.6 Å². The molecule has 4 heteroatoms. The number of aromatic nitrogens is 1. The van der Waals surface area contributed by atoms with Gasteiger partial charge in [0.25, 0.3) is 5.91 Å². The van der Waals surface area contributed by atoms with Gasteiger partial charge in [0.15, 0.2) is 0 Å². The van der Waals surface area contributed by atoms with Gasteiger partial charge in [-0.1, -0.05) is 54.1 Å². The lowest BCUT2D eigenvalue weighted by Gasteiger charge is -2.14. The molecule has 25 heavy (non-hydrogen) atoms. The lowest BCUT2D eigenvalue weighted by molar-refractivity contribution is 0.0950. The van der Waals surface area contributed by atoms with Crippen LogP contribution >= 0.6 is 11.6 Å². The highest BCUT2D eigenvalue weighted by Gasteiger charge is 2.27. The number of carbonyl (C=O) groups excluding carboxylic acids is 1. The largest absolute Gasteiger partial charge is 0.349 e. The first-order chi connectivity index (χ1) is 12.1. The first kappa shape index (κ1) is 16.0. The van der Waals surface area contributed by atoms with E-state index in [1.807, 2.05) is 67.6 Å². The molecular weight excluding hydrogens is 332 g/mol. The predicted molar refractivity (Wildman–Crippen MR) is 101 cm³/mol. The van der Waals surface area contributed by atoms with Gasteiger partial charge < -0.3 is 9.88 Å². The summed E-state index contributed by atoms with van der Waals surface area (Å²) in [5, 5.41) is 3.74. The van der Waals surface area contributed by atoms with Gasteiger partial charge in [0.1, 0.15) is 0 Å². The maximum atomic E-state index is 12.7. The molecule has 0 saturated heterocycles. The Morgan fingerprint density at radius 3 is 2.44 bits per heavy atom. The van der Waals surface area contributed by atoms with Crippen molar-refractivity contribution in [2.75, 3.05) is 0 Å². The fourth-order valence-corrected chi connectivity index (χ4v) is 3.31. The van der Waals surface area contributed by atoms with Crippen molar-refractivity contribution in [3.8, 4) is 16.9 Å². The molecule has 1 aliphatic rings. The van der Waals surface area contributed by atoms with Crippen molar-refractivity contribution in [3.63, 3.8) is 0 Å². The average Bonchev–Trinajstić information content (AvgIpc) is 3.37. The van der Waals surface area contributed by atoms with E-state index < -0.39 is 0 Å². The molecule has 1 aliphatic carbocycles. The minimum atomic E-state index is -0.0111. The Labute approximate surface area is 152 Å². The van der Waals surface area contributed by atoms with Gasteiger partial charge in [-0.15, -0.1) is 0 Å². The molecule has 0 radical (unpaired) electrons. The van der Waals surface area contributed by atoms with Gasteiger partial charge in [0.05, 0.1) is 22.0 Å². The number of hydrogen-bond donors (Lipinski definition) is 1. The number of rotatable bonds is 4. The third-order valence-electron chi connectivity index (χ3n) is 4.57. The molecule has 3 nitrogen and oxygen atoms in total. The second-order valence-corrected chi connectivity index (χ2v) is 6.84. The summed E-state index contributed by atoms with van der Waals surface area (Å²) in [7, 11) is 0. The highest BCUT2D eigenvalue weighted by atomic mass is 35.5. The third kappa shape index (κ3) is 3.08. The number of hydrogen-bond acceptors (Lipinski definition) is 1. The van der Waals surface area contributed by atoms with Crippen LogP contribution in [-0.4, -0.2) is 16.5 Å². The molecule has 1 N–H and O–H groups in total. The summed E-state index contributed by atoms with van der Waals surface area (Å²) in [4.78, 5) is 12.7. The molecule has 2 aromatic carbocycles. The average molecular weight is 351 g/mol. The normalized spacial score (nSPS) is 13.7. The van der Waals surface area contributed by atoms with E-state index in [4.69, 9.17) is 11.6 Å². The number of amides is 1. The Hall–Kier alpha value is -2.52. The van der Waals surface area contributed by atoms with E-state index in [0.717, 1.165) is 35.5 Å². The number of halogens is 1. The first-order valence-corrected chi connectivity index (χ1v) is 8.86. The van der Waals surface area contributed by atoms with Gasteiger partial charge in [-0.2, -0.15) is 0 Å². The zero-order valence-corrected chi connectivity index (χ0v) is 14.8. The lowest BCUT2D eigenvalue weighted by Crippen LogP contribution is -2.25. The van der Waals surface area contributed by atoms with E-state index >= 15 is 0 Å². The quantitative estimate of drug-likeness (QED) is 0.706. The van der Waals surface area contributed by atoms with Gasteiger partial charge in [-0.05, 0) is 43.5 Å². The molecule has 1 amide bonds. The summed E-state index contributed by atoms with van der Waals surface area (Å²) < 4.78 is 2.07. The van der Waals surface area contributed by atoms with Crippen LogP contribution in [0.1, 0.15) is 28.9 Å². The standard InChI is InChI=1S/C21H19ClN2O/c1-14-17(21(25)23-16-11-12-16)13-20(15-7-3-2-4-8-15)24(14)19-10-6-5-9-18(19)22/h2-10,13,16H,11-12H2,1H3,(H,23,25). The van der Waals surface area contributed by atoms with E-state index in [2.05, 4.69) is 9.88 Å². The second-order valence-electron chi connectivity index (χ2n) is 6.43. The van der Waals surface area contributed by atoms with Gasteiger partial charge >= 0.3 is 0 Å². The van der Waals surface area contributed by atoms with Crippen molar-refractivity contribution in [1.29, 1.82) is 0 Å². The fraction of sp³-hybridized carbons (Fsp3) is 0.190. The van der Waals surface area contributed by atoms with Gasteiger partial charge in [-0.3, -0.25) is 4.79 Å². The molecule has 0 atom stereocenters. The van der Waals surface area contributed by atoms with Crippen LogP contribution in [0.4, 0.5) is 0 Å². The van der Waals surface area contributed by atoms with Crippen LogP contribution in [0.15, 0.2) is 60.7 Å². The molecule has 126 valence electrons. The highest BCUT2D eigenvalue weighted by molar-refractivity contribution is 6.32. The minimum absolute atomic E-state index is 0.0111. The smallest absolute Gasteiger partial charge is 0.253 e. The molecular formula is C21H19ClN2O. The van der Waals surface area contributed by atoms with Crippen LogP contribution in [0.2, 0.25) is 5.02 Å². The van der Waals surface area contributed by atoms with E-state index in [1.54, 1.807) is 0 Å². The molecule has 0 aliphatic heterocycles. The van der Waals surface area contributed by atoms with E-state index in [9.17, 15) is 4.79 Å². The summed E-state index contributed by atoms with van der Waals surface area (Å²) >= 11 is 6.45. The van der Waals surface area contributed by atoms with Crippen LogP contribution in [0.3, 0.4) is 0 Å². The van der Waals surface area contributed by atoms with Crippen LogP contribution < -0.4 is 5.32 Å². The molecule has 0 unspecified atom stereocenters. The fourth-order valence-electron chi connectivity index (χ4n) is 3.09. The number of benzene rings is 2. The zero-order chi connectivity index (χ0) is 17.4. The number of nitrogens with zero attached hydrogens (tertiary/aromatic N) is 1. The first-order valence-electron chi connectivity index (χ1n) is 8.48. The molecule has 0 bridgehead atoms. The molecule has 4 rings (SSSR count). The molecule has 1 heterocycles. The van der Waals surface area contributed by atoms with Crippen molar-refractivity contribution >= 4 is 17.5 Å². The number of carbonyl (C=O) groups is 1. The van der Waals surface area contributed by atoms with Crippen molar-refractivity contribution in [2.24, 2.45) is 0 Å². The Balaban J connectivity index is 1.89. The van der Waals surface area contributed by atoms with Gasteiger partial charge in [-0.25, -0.2) is 0 Å². The maximum Gasteiger partial charge on any atom is 0.253 e. The molecule has 3 aromatic rings. The minimum Gasteiger partial charge on any atom is -0.349 e. The molecule has 0 spiro atoms. The second kappa shape index (κ2) is 6.41. The Kier molecular flexibility index (Phi) is 4.10. The highest BCUT2D eigenvalue weighted by Crippen LogP contribution is 2.32. The summed E-state index contributed by atoms with van der Waals surface area (Å²) in [5.41, 5.74) is 4.49. The van der Waals surface area contributed by atoms with Crippen molar-refractivity contribution < 1.29 is 4.79 Å². The van der Waals surface area contributed by atoms with Crippen LogP contribution in [0.25, 0.3) is 16.9 Å². The lowest BCUT2D eigenvalue weighted by atomic mass is 10.1. The Morgan fingerprint density at radius 1 is 1.08 bits per heavy atom. The van der Waals surface area contributed by atoms with E-state index in [-0.39, 0.29) is 5.91 Å². The zero-order valence-electron chi connectivity index (χ0n) is 14.0. The summed E-state index contributed by atoms with van der Waals surface area (Å²) in [6.45, 7) is 1.97. The monoisotopic (exact) mass is 350 g/mol. The van der Waals surface area contributed by atoms with Crippen molar-refractivity contribution in [1.82, 2.24) is 9.88 Å². The molecule has 1 saturated carbocycles. The SMILES string of the molecule is Cc1c(C(=O)NC2CC2)cc(-c2ccccc2)n1-c1ccccc1Cl. The van der Waals surface area contributed by atoms with E-state index in [1.165, 1.54) is 0 Å². The Bertz CT molecular complexity index is 926. The third-order valence-corrected chi connectivity index (χ3v) is 4.89. The van der Waals surface area contributed by atoms with Crippen molar-refractivity contribution in [2.45, 2.75) is 25.8 Å². The predicted octanol–water partition coefficient (Wildman–Crippen LogP) is 5.00. The number of nitrogens with one attached hydrogen (secondary N) is 1. The number of para-hydroxylation sites is 1. The summed E-state index contributed by atoms with van der Waals surface area (Å²) in [5.74, 6) is -0.0111. The maximum absolute atomic E-state index is 12.7. The summed E-state index contributed by atoms with van der Waals surface area (Å²) in [6.07, 6.45) is 2.14. The Morgan fingerprint density at radius 2 is 1.76 bits per heavy atom. The molecule has 1 fully saturated rings. The topological polar surface area (TPSA) is 34.0 Å². The van der Waals surface area contributed by atoms with Crippen LogP contribution in [-0.2, 0) is 0 Å². The van der Waals surface area contributed by atoms with Gasteiger partial charge in [0, 0.05) is 11.7 Å². The van der Waals surface area contributed by atoms with Crippen LogP contribution in [0, 0.1) is 6.92 Å². The van der Waals surface area contributed by atoms with Gasteiger partial charge in [0.2, 0.25) is 0 Å². The van der Waals surface area contributed by atoms with Crippen LogP contribution in [0.5, 0.6) is 0 Å². The van der Waals surface area contributed by atoms with Crippen molar-refractivity contribution in [3.05, 3.63) is 76.9 Å². The summed E-state index contributed by atoms with van der Waals surface area (Å²) in [6, 6.07) is 20.1. The molecule has 1 aromatic heterocycles.